The summed E-state index contributed by atoms with van der Waals surface area (Å²) < 4.78 is 2.35. The van der Waals surface area contributed by atoms with Gasteiger partial charge in [-0.15, -0.1) is 10.2 Å². The molecule has 2 unspecified atom stereocenters. The lowest BCUT2D eigenvalue weighted by molar-refractivity contribution is 0.437. The molecule has 17 heavy (non-hydrogen) atoms. The maximum absolute atomic E-state index is 6.32. The van der Waals surface area contributed by atoms with Crippen LogP contribution in [0.4, 0.5) is 0 Å². The van der Waals surface area contributed by atoms with Crippen LogP contribution in [0.3, 0.4) is 0 Å². The molecule has 2 atom stereocenters. The van der Waals surface area contributed by atoms with Gasteiger partial charge in [-0.05, 0) is 25.7 Å². The molecule has 4 heteroatoms. The van der Waals surface area contributed by atoms with Gasteiger partial charge < -0.3 is 10.3 Å². The van der Waals surface area contributed by atoms with Gasteiger partial charge in [0, 0.05) is 24.9 Å². The van der Waals surface area contributed by atoms with E-state index in [2.05, 4.69) is 14.8 Å². The number of hydrogen-bond donors (Lipinski definition) is 1. The second kappa shape index (κ2) is 4.77. The van der Waals surface area contributed by atoms with E-state index >= 15 is 0 Å². The lowest BCUT2D eigenvalue weighted by Crippen LogP contribution is -2.30. The number of aryl methyl sites for hydroxylation is 1. The van der Waals surface area contributed by atoms with Crippen molar-refractivity contribution in [2.24, 2.45) is 5.73 Å². The summed E-state index contributed by atoms with van der Waals surface area (Å²) in [5.74, 6) is 2.80. The van der Waals surface area contributed by atoms with Gasteiger partial charge in [0.25, 0.3) is 0 Å². The Bertz CT molecular complexity index is 385. The highest BCUT2D eigenvalue weighted by Gasteiger charge is 2.28. The van der Waals surface area contributed by atoms with E-state index in [9.17, 15) is 0 Å². The summed E-state index contributed by atoms with van der Waals surface area (Å²) >= 11 is 0. The number of fused-ring (bicyclic) bond motifs is 1. The lowest BCUT2D eigenvalue weighted by atomic mass is 9.94. The molecule has 0 amide bonds. The number of nitrogens with zero attached hydrogens (tertiary/aromatic N) is 3. The minimum atomic E-state index is 0.285. The molecule has 2 heterocycles. The first-order valence-corrected chi connectivity index (χ1v) is 7.04. The maximum Gasteiger partial charge on any atom is 0.137 e. The summed E-state index contributed by atoms with van der Waals surface area (Å²) in [5.41, 5.74) is 6.32. The predicted molar refractivity (Wildman–Crippen MR) is 66.8 cm³/mol. The van der Waals surface area contributed by atoms with E-state index < -0.39 is 0 Å². The Morgan fingerprint density at radius 1 is 1.00 bits per heavy atom. The summed E-state index contributed by atoms with van der Waals surface area (Å²) in [6.45, 7) is 1.10. The van der Waals surface area contributed by atoms with Crippen molar-refractivity contribution in [1.29, 1.82) is 0 Å². The summed E-state index contributed by atoms with van der Waals surface area (Å²) in [7, 11) is 0. The number of aromatic nitrogens is 3. The SMILES string of the molecule is NC1CCCCCC1c1nnc2n1CCCC2. The van der Waals surface area contributed by atoms with Crippen LogP contribution in [0, 0.1) is 0 Å². The summed E-state index contributed by atoms with van der Waals surface area (Å²) in [6, 6.07) is 0.285. The molecule has 1 saturated carbocycles. The van der Waals surface area contributed by atoms with Crippen molar-refractivity contribution in [2.45, 2.75) is 69.9 Å². The van der Waals surface area contributed by atoms with E-state index in [1.165, 1.54) is 50.2 Å². The molecular weight excluding hydrogens is 212 g/mol. The van der Waals surface area contributed by atoms with Gasteiger partial charge in [-0.2, -0.15) is 0 Å². The van der Waals surface area contributed by atoms with Gasteiger partial charge in [-0.25, -0.2) is 0 Å². The van der Waals surface area contributed by atoms with Crippen LogP contribution in [0.5, 0.6) is 0 Å². The van der Waals surface area contributed by atoms with Gasteiger partial charge in [0.05, 0.1) is 0 Å². The van der Waals surface area contributed by atoms with Gasteiger partial charge in [-0.3, -0.25) is 0 Å². The molecule has 1 aliphatic heterocycles. The third kappa shape index (κ3) is 2.10. The number of hydrogen-bond acceptors (Lipinski definition) is 3. The molecule has 0 aromatic carbocycles. The van der Waals surface area contributed by atoms with E-state index in [4.69, 9.17) is 5.73 Å². The van der Waals surface area contributed by atoms with Gasteiger partial charge >= 0.3 is 0 Å². The molecule has 0 bridgehead atoms. The quantitative estimate of drug-likeness (QED) is 0.756. The Kier molecular flexibility index (Phi) is 3.14. The second-order valence-electron chi connectivity index (χ2n) is 5.49. The topological polar surface area (TPSA) is 56.7 Å². The van der Waals surface area contributed by atoms with Crippen molar-refractivity contribution in [3.8, 4) is 0 Å². The molecule has 2 N–H and O–H groups in total. The highest BCUT2D eigenvalue weighted by molar-refractivity contribution is 5.07. The van der Waals surface area contributed by atoms with E-state index in [1.807, 2.05) is 0 Å². The highest BCUT2D eigenvalue weighted by atomic mass is 15.3. The van der Waals surface area contributed by atoms with Crippen LogP contribution in [-0.2, 0) is 13.0 Å². The van der Waals surface area contributed by atoms with Gasteiger partial charge in [0.15, 0.2) is 0 Å². The normalized spacial score (nSPS) is 29.7. The van der Waals surface area contributed by atoms with Crippen LogP contribution >= 0.6 is 0 Å². The first-order valence-electron chi connectivity index (χ1n) is 7.04. The molecule has 1 aromatic rings. The molecule has 1 aliphatic carbocycles. The summed E-state index contributed by atoms with van der Waals surface area (Å²) in [5, 5.41) is 8.80. The lowest BCUT2D eigenvalue weighted by Gasteiger charge is -2.23. The predicted octanol–water partition coefficient (Wildman–Crippen LogP) is 1.99. The summed E-state index contributed by atoms with van der Waals surface area (Å²) in [6.07, 6.45) is 9.85. The van der Waals surface area contributed by atoms with Crippen LogP contribution in [0.15, 0.2) is 0 Å². The van der Waals surface area contributed by atoms with Crippen LogP contribution in [-0.4, -0.2) is 20.8 Å². The van der Waals surface area contributed by atoms with Crippen LogP contribution < -0.4 is 5.73 Å². The average Bonchev–Trinajstić information content (AvgIpc) is 2.66. The highest BCUT2D eigenvalue weighted by Crippen LogP contribution is 2.31. The molecule has 1 fully saturated rings. The molecular formula is C13H22N4. The fourth-order valence-corrected chi connectivity index (χ4v) is 3.26. The van der Waals surface area contributed by atoms with E-state index in [0.29, 0.717) is 5.92 Å². The Balaban J connectivity index is 1.89. The van der Waals surface area contributed by atoms with E-state index in [1.54, 1.807) is 0 Å². The van der Waals surface area contributed by atoms with Crippen LogP contribution in [0.2, 0.25) is 0 Å². The fraction of sp³-hybridized carbons (Fsp3) is 0.846. The van der Waals surface area contributed by atoms with Crippen molar-refractivity contribution in [2.75, 3.05) is 0 Å². The summed E-state index contributed by atoms with van der Waals surface area (Å²) in [4.78, 5) is 0. The van der Waals surface area contributed by atoms with Crippen molar-refractivity contribution in [3.63, 3.8) is 0 Å². The Morgan fingerprint density at radius 2 is 1.88 bits per heavy atom. The first-order chi connectivity index (χ1) is 8.36. The average molecular weight is 234 g/mol. The molecule has 0 spiro atoms. The van der Waals surface area contributed by atoms with Crippen molar-refractivity contribution in [1.82, 2.24) is 14.8 Å². The van der Waals surface area contributed by atoms with Crippen LogP contribution in [0.1, 0.15) is 62.5 Å². The fourth-order valence-electron chi connectivity index (χ4n) is 3.26. The van der Waals surface area contributed by atoms with Crippen molar-refractivity contribution >= 4 is 0 Å². The second-order valence-corrected chi connectivity index (χ2v) is 5.49. The zero-order valence-corrected chi connectivity index (χ0v) is 10.4. The van der Waals surface area contributed by atoms with Crippen molar-refractivity contribution < 1.29 is 0 Å². The Hall–Kier alpha value is -0.900. The Labute approximate surface area is 103 Å². The smallest absolute Gasteiger partial charge is 0.137 e. The third-order valence-electron chi connectivity index (χ3n) is 4.29. The molecule has 3 rings (SSSR count). The largest absolute Gasteiger partial charge is 0.327 e. The first kappa shape index (κ1) is 11.2. The zero-order chi connectivity index (χ0) is 11.7. The van der Waals surface area contributed by atoms with Crippen LogP contribution in [0.25, 0.3) is 0 Å². The molecule has 94 valence electrons. The number of nitrogens with two attached hydrogens (primary N) is 1. The maximum atomic E-state index is 6.32. The molecule has 0 radical (unpaired) electrons. The van der Waals surface area contributed by atoms with Crippen molar-refractivity contribution in [3.05, 3.63) is 11.6 Å². The molecule has 2 aliphatic rings. The number of rotatable bonds is 1. The van der Waals surface area contributed by atoms with E-state index in [-0.39, 0.29) is 6.04 Å². The standard InChI is InChI=1S/C13H22N4/c14-11-7-3-1-2-6-10(11)13-16-15-12-8-4-5-9-17(12)13/h10-11H,1-9,14H2. The molecule has 4 nitrogen and oxygen atoms in total. The minimum Gasteiger partial charge on any atom is -0.327 e. The Morgan fingerprint density at radius 3 is 2.82 bits per heavy atom. The van der Waals surface area contributed by atoms with Gasteiger partial charge in [0.2, 0.25) is 0 Å². The van der Waals surface area contributed by atoms with E-state index in [0.717, 1.165) is 19.4 Å². The third-order valence-corrected chi connectivity index (χ3v) is 4.29. The monoisotopic (exact) mass is 234 g/mol. The zero-order valence-electron chi connectivity index (χ0n) is 10.4. The van der Waals surface area contributed by atoms with Gasteiger partial charge in [0.1, 0.15) is 11.6 Å². The van der Waals surface area contributed by atoms with Gasteiger partial charge in [-0.1, -0.05) is 19.3 Å². The molecule has 0 saturated heterocycles. The molecule has 1 aromatic heterocycles. The minimum absolute atomic E-state index is 0.285.